The van der Waals surface area contributed by atoms with Crippen LogP contribution in [0.2, 0.25) is 0 Å². The van der Waals surface area contributed by atoms with E-state index in [1.165, 1.54) is 5.56 Å². The van der Waals surface area contributed by atoms with Crippen molar-refractivity contribution in [2.75, 3.05) is 26.4 Å². The molecule has 6 heteroatoms. The van der Waals surface area contributed by atoms with Crippen LogP contribution in [0.25, 0.3) is 0 Å². The molecule has 1 aliphatic heterocycles. The van der Waals surface area contributed by atoms with Crippen LogP contribution in [0.15, 0.2) is 48.5 Å². The lowest BCUT2D eigenvalue weighted by Crippen LogP contribution is -2.25. The van der Waals surface area contributed by atoms with Crippen LogP contribution >= 0.6 is 0 Å². The summed E-state index contributed by atoms with van der Waals surface area (Å²) in [4.78, 5) is 0. The molecule has 0 bridgehead atoms. The van der Waals surface area contributed by atoms with E-state index in [4.69, 9.17) is 24.1 Å². The molecule has 3 rings (SSSR count). The van der Waals surface area contributed by atoms with E-state index >= 15 is 0 Å². The van der Waals surface area contributed by atoms with Gasteiger partial charge >= 0.3 is 0 Å². The van der Waals surface area contributed by atoms with E-state index in [1.54, 1.807) is 0 Å². The van der Waals surface area contributed by atoms with Crippen molar-refractivity contribution in [3.63, 3.8) is 0 Å². The van der Waals surface area contributed by atoms with Crippen molar-refractivity contribution >= 4 is 0 Å². The van der Waals surface area contributed by atoms with E-state index in [0.29, 0.717) is 19.0 Å². The van der Waals surface area contributed by atoms with Crippen LogP contribution in [0, 0.1) is 0 Å². The standard InChI is InChI=1S/C24H32O6/c1-23(2,17-5-9-20(10-6-17)27-14-19(26)13-25)18-7-11-21(12-8-18)28-15-22-16-29-24(3,4)30-22/h5-12,19,22,25-26H,13-16H2,1-4H3. The maximum absolute atomic E-state index is 9.40. The highest BCUT2D eigenvalue weighted by atomic mass is 16.7. The number of aliphatic hydroxyl groups excluding tert-OH is 2. The summed E-state index contributed by atoms with van der Waals surface area (Å²) in [5.41, 5.74) is 2.11. The average molecular weight is 417 g/mol. The van der Waals surface area contributed by atoms with Crippen molar-refractivity contribution in [1.29, 1.82) is 0 Å². The predicted octanol–water partition coefficient (Wildman–Crippen LogP) is 3.27. The Morgan fingerprint density at radius 2 is 1.53 bits per heavy atom. The molecule has 0 radical (unpaired) electrons. The summed E-state index contributed by atoms with van der Waals surface area (Å²) >= 11 is 0. The van der Waals surface area contributed by atoms with Gasteiger partial charge < -0.3 is 29.2 Å². The minimum absolute atomic E-state index is 0.0599. The van der Waals surface area contributed by atoms with Crippen molar-refractivity contribution in [1.82, 2.24) is 0 Å². The van der Waals surface area contributed by atoms with Gasteiger partial charge in [-0.05, 0) is 49.2 Å². The molecule has 0 amide bonds. The molecule has 2 aromatic carbocycles. The Kier molecular flexibility index (Phi) is 7.03. The Hall–Kier alpha value is -2.12. The maximum atomic E-state index is 9.40. The molecule has 6 nitrogen and oxygen atoms in total. The number of ether oxygens (including phenoxy) is 4. The lowest BCUT2D eigenvalue weighted by Gasteiger charge is -2.26. The summed E-state index contributed by atoms with van der Waals surface area (Å²) in [6.45, 7) is 8.89. The van der Waals surface area contributed by atoms with Gasteiger partial charge in [-0.15, -0.1) is 0 Å². The minimum Gasteiger partial charge on any atom is -0.491 e. The first kappa shape index (κ1) is 22.6. The minimum atomic E-state index is -0.874. The molecule has 0 aliphatic carbocycles. The topological polar surface area (TPSA) is 77.4 Å². The lowest BCUT2D eigenvalue weighted by molar-refractivity contribution is -0.141. The highest BCUT2D eigenvalue weighted by Crippen LogP contribution is 2.33. The average Bonchev–Trinajstić information content (AvgIpc) is 3.09. The van der Waals surface area contributed by atoms with Gasteiger partial charge in [0.15, 0.2) is 5.79 Å². The zero-order chi connectivity index (χ0) is 21.8. The smallest absolute Gasteiger partial charge is 0.163 e. The van der Waals surface area contributed by atoms with Crippen molar-refractivity contribution < 1.29 is 29.2 Å². The number of hydrogen-bond acceptors (Lipinski definition) is 6. The fourth-order valence-corrected chi connectivity index (χ4v) is 3.38. The second kappa shape index (κ2) is 9.35. The Morgan fingerprint density at radius 1 is 1.00 bits per heavy atom. The first-order chi connectivity index (χ1) is 14.2. The molecule has 0 saturated carbocycles. The predicted molar refractivity (Wildman–Crippen MR) is 114 cm³/mol. The van der Waals surface area contributed by atoms with Gasteiger partial charge in [0.1, 0.15) is 36.9 Å². The van der Waals surface area contributed by atoms with Gasteiger partial charge in [0.2, 0.25) is 0 Å². The Balaban J connectivity index is 1.59. The number of rotatable bonds is 9. The number of hydrogen-bond donors (Lipinski definition) is 2. The lowest BCUT2D eigenvalue weighted by atomic mass is 9.78. The second-order valence-corrected chi connectivity index (χ2v) is 8.58. The van der Waals surface area contributed by atoms with Gasteiger partial charge in [-0.3, -0.25) is 0 Å². The fraction of sp³-hybridized carbons (Fsp3) is 0.500. The molecular weight excluding hydrogens is 384 g/mol. The molecular formula is C24H32O6. The Morgan fingerprint density at radius 3 is 2.00 bits per heavy atom. The van der Waals surface area contributed by atoms with E-state index in [0.717, 1.165) is 11.3 Å². The second-order valence-electron chi connectivity index (χ2n) is 8.58. The van der Waals surface area contributed by atoms with Gasteiger partial charge in [0.25, 0.3) is 0 Å². The van der Waals surface area contributed by atoms with Gasteiger partial charge in [0.05, 0.1) is 13.2 Å². The highest BCUT2D eigenvalue weighted by Gasteiger charge is 2.33. The van der Waals surface area contributed by atoms with Crippen LogP contribution in [0.3, 0.4) is 0 Å². The van der Waals surface area contributed by atoms with Gasteiger partial charge in [-0.25, -0.2) is 0 Å². The normalized spacial score (nSPS) is 19.5. The van der Waals surface area contributed by atoms with Crippen LogP contribution in [0.1, 0.15) is 38.8 Å². The molecule has 164 valence electrons. The third-order valence-corrected chi connectivity index (χ3v) is 5.31. The molecule has 1 heterocycles. The SMILES string of the molecule is CC1(C)OCC(COc2ccc(C(C)(C)c3ccc(OCC(O)CO)cc3)cc2)O1. The largest absolute Gasteiger partial charge is 0.491 e. The van der Waals surface area contributed by atoms with Gasteiger partial charge in [0, 0.05) is 5.41 Å². The van der Waals surface area contributed by atoms with E-state index in [-0.39, 0.29) is 24.7 Å². The molecule has 30 heavy (non-hydrogen) atoms. The summed E-state index contributed by atoms with van der Waals surface area (Å²) in [6, 6.07) is 15.9. The molecule has 0 aromatic heterocycles. The van der Waals surface area contributed by atoms with Crippen molar-refractivity contribution in [2.24, 2.45) is 0 Å². The van der Waals surface area contributed by atoms with E-state index in [9.17, 15) is 5.11 Å². The fourth-order valence-electron chi connectivity index (χ4n) is 3.38. The summed E-state index contributed by atoms with van der Waals surface area (Å²) in [6.07, 6.45) is -0.934. The van der Waals surface area contributed by atoms with Crippen LogP contribution in [-0.4, -0.2) is 54.6 Å². The summed E-state index contributed by atoms with van der Waals surface area (Å²) < 4.78 is 22.7. The third kappa shape index (κ3) is 5.73. The maximum Gasteiger partial charge on any atom is 0.163 e. The van der Waals surface area contributed by atoms with Crippen LogP contribution in [-0.2, 0) is 14.9 Å². The molecule has 2 unspecified atom stereocenters. The summed E-state index contributed by atoms with van der Waals surface area (Å²) in [5, 5.41) is 18.3. The van der Waals surface area contributed by atoms with Gasteiger partial charge in [-0.1, -0.05) is 38.1 Å². The van der Waals surface area contributed by atoms with Crippen molar-refractivity contribution in [3.05, 3.63) is 59.7 Å². The zero-order valence-corrected chi connectivity index (χ0v) is 18.1. The van der Waals surface area contributed by atoms with Crippen molar-refractivity contribution in [2.45, 2.75) is 51.1 Å². The number of benzene rings is 2. The zero-order valence-electron chi connectivity index (χ0n) is 18.1. The molecule has 1 saturated heterocycles. The molecule has 1 aliphatic rings. The Labute approximate surface area is 178 Å². The highest BCUT2D eigenvalue weighted by molar-refractivity contribution is 5.41. The summed E-state index contributed by atoms with van der Waals surface area (Å²) in [7, 11) is 0. The monoisotopic (exact) mass is 416 g/mol. The van der Waals surface area contributed by atoms with E-state index < -0.39 is 11.9 Å². The molecule has 2 atom stereocenters. The van der Waals surface area contributed by atoms with Crippen LogP contribution in [0.4, 0.5) is 0 Å². The van der Waals surface area contributed by atoms with E-state index in [2.05, 4.69) is 26.0 Å². The molecule has 2 aromatic rings. The van der Waals surface area contributed by atoms with E-state index in [1.807, 2.05) is 50.2 Å². The van der Waals surface area contributed by atoms with Crippen LogP contribution in [0.5, 0.6) is 11.5 Å². The molecule has 2 N–H and O–H groups in total. The van der Waals surface area contributed by atoms with Crippen LogP contribution < -0.4 is 9.47 Å². The summed E-state index contributed by atoms with van der Waals surface area (Å²) in [5.74, 6) is 0.919. The first-order valence-corrected chi connectivity index (χ1v) is 10.3. The third-order valence-electron chi connectivity index (χ3n) is 5.31. The first-order valence-electron chi connectivity index (χ1n) is 10.3. The van der Waals surface area contributed by atoms with Crippen molar-refractivity contribution in [3.8, 4) is 11.5 Å². The molecule has 1 fully saturated rings. The Bertz CT molecular complexity index is 797. The molecule has 0 spiro atoms. The number of aliphatic hydroxyl groups is 2. The van der Waals surface area contributed by atoms with Gasteiger partial charge in [-0.2, -0.15) is 0 Å². The quantitative estimate of drug-likeness (QED) is 0.653.